The summed E-state index contributed by atoms with van der Waals surface area (Å²) in [4.78, 5) is 10.5. The van der Waals surface area contributed by atoms with E-state index in [-0.39, 0.29) is 11.4 Å². The lowest BCUT2D eigenvalue weighted by Crippen LogP contribution is -2.39. The van der Waals surface area contributed by atoms with Crippen LogP contribution in [0.1, 0.15) is 5.56 Å². The van der Waals surface area contributed by atoms with Gasteiger partial charge in [-0.25, -0.2) is 0 Å². The maximum Gasteiger partial charge on any atom is 0.298 e. The van der Waals surface area contributed by atoms with Crippen molar-refractivity contribution in [1.29, 1.82) is 0 Å². The minimum absolute atomic E-state index is 0.0400. The molecule has 0 atom stereocenters. The number of nitrogen functional groups attached to an aromatic ring is 1. The summed E-state index contributed by atoms with van der Waals surface area (Å²) in [6.45, 7) is 0.752. The monoisotopic (exact) mass is 272 g/mol. The molecule has 0 unspecified atom stereocenters. The zero-order valence-corrected chi connectivity index (χ0v) is 11.6. The summed E-state index contributed by atoms with van der Waals surface area (Å²) in [5.74, 6) is 0. The molecular formula is C15H18N3O2+. The molecule has 0 amide bonds. The zero-order chi connectivity index (χ0) is 14.8. The van der Waals surface area contributed by atoms with Gasteiger partial charge in [-0.2, -0.15) is 0 Å². The maximum absolute atomic E-state index is 11.0. The molecule has 0 aliphatic carbocycles. The molecule has 0 aliphatic heterocycles. The summed E-state index contributed by atoms with van der Waals surface area (Å²) in [6.07, 6.45) is 0. The topological polar surface area (TPSA) is 69.2 Å². The Labute approximate surface area is 118 Å². The molecule has 2 aromatic carbocycles. The van der Waals surface area contributed by atoms with E-state index in [1.807, 2.05) is 50.5 Å². The van der Waals surface area contributed by atoms with E-state index in [0.717, 1.165) is 12.2 Å². The van der Waals surface area contributed by atoms with E-state index in [1.54, 1.807) is 12.1 Å². The van der Waals surface area contributed by atoms with Gasteiger partial charge in [0.15, 0.2) is 0 Å². The summed E-state index contributed by atoms with van der Waals surface area (Å²) in [5, 5.41) is 11.0. The van der Waals surface area contributed by atoms with Crippen LogP contribution in [0.15, 0.2) is 48.5 Å². The Kier molecular flexibility index (Phi) is 3.72. The van der Waals surface area contributed by atoms with Gasteiger partial charge in [-0.15, -0.1) is 0 Å². The second-order valence-corrected chi connectivity index (χ2v) is 5.33. The highest BCUT2D eigenvalue weighted by molar-refractivity contribution is 5.65. The van der Waals surface area contributed by atoms with E-state index in [1.165, 1.54) is 5.56 Å². The molecule has 2 rings (SSSR count). The average Bonchev–Trinajstić information content (AvgIpc) is 2.39. The van der Waals surface area contributed by atoms with Gasteiger partial charge >= 0.3 is 0 Å². The molecule has 2 N–H and O–H groups in total. The summed E-state index contributed by atoms with van der Waals surface area (Å²) in [5.41, 5.74) is 7.82. The normalized spacial score (nSPS) is 11.3. The highest BCUT2D eigenvalue weighted by Gasteiger charge is 2.23. The van der Waals surface area contributed by atoms with Gasteiger partial charge in [0.2, 0.25) is 0 Å². The van der Waals surface area contributed by atoms with E-state index >= 15 is 0 Å². The van der Waals surface area contributed by atoms with Crippen molar-refractivity contribution in [2.45, 2.75) is 6.54 Å². The Morgan fingerprint density at radius 2 is 1.80 bits per heavy atom. The molecule has 0 fully saturated rings. The van der Waals surface area contributed by atoms with Crippen molar-refractivity contribution in [1.82, 2.24) is 4.48 Å². The van der Waals surface area contributed by atoms with Gasteiger partial charge in [-0.05, 0) is 6.07 Å². The van der Waals surface area contributed by atoms with Crippen LogP contribution in [-0.4, -0.2) is 19.0 Å². The zero-order valence-electron chi connectivity index (χ0n) is 11.6. The average molecular weight is 272 g/mol. The number of nitro benzene ring substituents is 1. The minimum Gasteiger partial charge on any atom is -0.393 e. The van der Waals surface area contributed by atoms with Gasteiger partial charge in [-0.1, -0.05) is 30.3 Å². The number of nitro groups is 1. The number of benzene rings is 2. The number of anilines is 1. The van der Waals surface area contributed by atoms with Crippen molar-refractivity contribution in [2.75, 3.05) is 19.8 Å². The first-order valence-corrected chi connectivity index (χ1v) is 6.31. The van der Waals surface area contributed by atoms with E-state index in [4.69, 9.17) is 5.73 Å². The van der Waals surface area contributed by atoms with Crippen LogP contribution in [-0.2, 0) is 6.54 Å². The lowest BCUT2D eigenvalue weighted by Gasteiger charge is -2.29. The van der Waals surface area contributed by atoms with Gasteiger partial charge in [0.1, 0.15) is 17.9 Å². The third kappa shape index (κ3) is 2.95. The first-order valence-electron chi connectivity index (χ1n) is 6.31. The number of hydrogen-bond acceptors (Lipinski definition) is 3. The molecule has 2 aromatic rings. The molecule has 0 saturated heterocycles. The standard InChI is InChI=1S/C15H18N3O2/c1-18(2,11-12-6-4-3-5-7-12)13-8-9-14(16)15(10-13)17(19)20/h3-10H,11,16H2,1-2H3/q+1. The van der Waals surface area contributed by atoms with Crippen LogP contribution in [0.25, 0.3) is 0 Å². The second kappa shape index (κ2) is 5.30. The van der Waals surface area contributed by atoms with Crippen molar-refractivity contribution in [2.24, 2.45) is 0 Å². The summed E-state index contributed by atoms with van der Waals surface area (Å²) < 4.78 is 0.519. The summed E-state index contributed by atoms with van der Waals surface area (Å²) >= 11 is 0. The first kappa shape index (κ1) is 14.0. The van der Waals surface area contributed by atoms with Crippen molar-refractivity contribution in [3.05, 3.63) is 64.2 Å². The molecule has 0 radical (unpaired) electrons. The molecule has 5 nitrogen and oxygen atoms in total. The number of hydrogen-bond donors (Lipinski definition) is 1. The van der Waals surface area contributed by atoms with Crippen LogP contribution in [0.4, 0.5) is 17.1 Å². The molecule has 5 heteroatoms. The predicted molar refractivity (Wildman–Crippen MR) is 81.3 cm³/mol. The molecule has 0 spiro atoms. The lowest BCUT2D eigenvalue weighted by molar-refractivity contribution is -0.383. The Morgan fingerprint density at radius 3 is 2.40 bits per heavy atom. The Hall–Kier alpha value is -2.40. The summed E-state index contributed by atoms with van der Waals surface area (Å²) in [7, 11) is 4.03. The van der Waals surface area contributed by atoms with E-state index in [2.05, 4.69) is 0 Å². The van der Waals surface area contributed by atoms with Crippen LogP contribution in [0.5, 0.6) is 0 Å². The van der Waals surface area contributed by atoms with Gasteiger partial charge in [0.05, 0.1) is 25.1 Å². The first-order chi connectivity index (χ1) is 9.40. The van der Waals surface area contributed by atoms with Crippen molar-refractivity contribution in [3.63, 3.8) is 0 Å². The minimum atomic E-state index is -0.443. The molecule has 104 valence electrons. The van der Waals surface area contributed by atoms with Crippen molar-refractivity contribution >= 4 is 17.1 Å². The number of nitrogens with zero attached hydrogens (tertiary/aromatic N) is 2. The van der Waals surface area contributed by atoms with Crippen molar-refractivity contribution in [3.8, 4) is 0 Å². The fourth-order valence-electron chi connectivity index (χ4n) is 2.20. The third-order valence-corrected chi connectivity index (χ3v) is 3.33. The van der Waals surface area contributed by atoms with E-state index < -0.39 is 4.92 Å². The van der Waals surface area contributed by atoms with Gasteiger partial charge in [-0.3, -0.25) is 14.6 Å². The molecule has 0 aliphatic rings. The molecule has 0 saturated carbocycles. The Balaban J connectivity index is 2.34. The number of nitrogens with two attached hydrogens (primary N) is 1. The third-order valence-electron chi connectivity index (χ3n) is 3.33. The number of quaternary nitrogens is 1. The maximum atomic E-state index is 11.0. The molecule has 0 heterocycles. The van der Waals surface area contributed by atoms with Crippen molar-refractivity contribution < 1.29 is 4.92 Å². The van der Waals surface area contributed by atoms with E-state index in [9.17, 15) is 10.1 Å². The molecule has 0 aromatic heterocycles. The van der Waals surface area contributed by atoms with Crippen LogP contribution in [0, 0.1) is 10.1 Å². The fourth-order valence-corrected chi connectivity index (χ4v) is 2.20. The van der Waals surface area contributed by atoms with Crippen LogP contribution in [0.3, 0.4) is 0 Å². The van der Waals surface area contributed by atoms with E-state index in [0.29, 0.717) is 4.48 Å². The van der Waals surface area contributed by atoms with Crippen LogP contribution in [0.2, 0.25) is 0 Å². The highest BCUT2D eigenvalue weighted by atomic mass is 16.6. The lowest BCUT2D eigenvalue weighted by atomic mass is 10.1. The van der Waals surface area contributed by atoms with Gasteiger partial charge in [0.25, 0.3) is 5.69 Å². The molecular weight excluding hydrogens is 254 g/mol. The molecule has 0 bridgehead atoms. The fraction of sp³-hybridized carbons (Fsp3) is 0.200. The highest BCUT2D eigenvalue weighted by Crippen LogP contribution is 2.30. The van der Waals surface area contributed by atoms with Gasteiger partial charge < -0.3 is 5.73 Å². The molecule has 20 heavy (non-hydrogen) atoms. The number of rotatable bonds is 4. The predicted octanol–water partition coefficient (Wildman–Crippen LogP) is 2.94. The van der Waals surface area contributed by atoms with Gasteiger partial charge in [0, 0.05) is 11.6 Å². The van der Waals surface area contributed by atoms with Crippen LogP contribution >= 0.6 is 0 Å². The Bertz CT molecular complexity index is 624. The van der Waals surface area contributed by atoms with Crippen LogP contribution < -0.4 is 10.2 Å². The largest absolute Gasteiger partial charge is 0.393 e. The summed E-state index contributed by atoms with van der Waals surface area (Å²) in [6, 6.07) is 15.0. The smallest absolute Gasteiger partial charge is 0.298 e. The quantitative estimate of drug-likeness (QED) is 0.402. The SMILES string of the molecule is C[N+](C)(Cc1ccccc1)c1ccc(N)c([N+](=O)[O-])c1. The second-order valence-electron chi connectivity index (χ2n) is 5.33. The Morgan fingerprint density at radius 1 is 1.15 bits per heavy atom.